The van der Waals surface area contributed by atoms with Crippen LogP contribution < -0.4 is 9.64 Å². The second-order valence-corrected chi connectivity index (χ2v) is 8.54. The minimum Gasteiger partial charge on any atom is -0.426 e. The Morgan fingerprint density at radius 2 is 1.52 bits per heavy atom. The van der Waals surface area contributed by atoms with Crippen LogP contribution >= 0.6 is 0 Å². The SMILES string of the molecule is CC(=O)N1CCN(c2ccc(OC(=O)CCN3C(=O)[C@@H]4CCCC[C@H]4C3=O)cc2)CC1. The molecule has 1 aliphatic carbocycles. The molecule has 0 aromatic heterocycles. The molecule has 2 aliphatic heterocycles. The molecule has 3 amide bonds. The molecule has 3 fully saturated rings. The summed E-state index contributed by atoms with van der Waals surface area (Å²) in [6, 6.07) is 7.27. The molecule has 1 aromatic rings. The number of rotatable bonds is 5. The molecular weight excluding hydrogens is 398 g/mol. The molecular formula is C23H29N3O5. The van der Waals surface area contributed by atoms with Crippen LogP contribution in [0, 0.1) is 11.8 Å². The third-order valence-electron chi connectivity index (χ3n) is 6.63. The Hall–Kier alpha value is -2.90. The lowest BCUT2D eigenvalue weighted by atomic mass is 9.81. The normalized spacial score (nSPS) is 23.7. The number of hydrogen-bond acceptors (Lipinski definition) is 6. The average Bonchev–Trinajstić information content (AvgIpc) is 3.03. The summed E-state index contributed by atoms with van der Waals surface area (Å²) in [6.45, 7) is 4.59. The van der Waals surface area contributed by atoms with Crippen LogP contribution in [0.2, 0.25) is 0 Å². The third kappa shape index (κ3) is 4.57. The molecule has 2 atom stereocenters. The molecule has 4 rings (SSSR count). The van der Waals surface area contributed by atoms with E-state index in [1.807, 2.05) is 17.0 Å². The van der Waals surface area contributed by atoms with Crippen molar-refractivity contribution >= 4 is 29.4 Å². The van der Waals surface area contributed by atoms with Crippen LogP contribution in [0.1, 0.15) is 39.0 Å². The lowest BCUT2D eigenvalue weighted by Gasteiger charge is -2.35. The Labute approximate surface area is 182 Å². The van der Waals surface area contributed by atoms with Crippen LogP contribution in [-0.2, 0) is 19.2 Å². The van der Waals surface area contributed by atoms with Gasteiger partial charge in [-0.2, -0.15) is 0 Å². The Morgan fingerprint density at radius 3 is 2.06 bits per heavy atom. The molecule has 166 valence electrons. The summed E-state index contributed by atoms with van der Waals surface area (Å²) in [5, 5.41) is 0. The summed E-state index contributed by atoms with van der Waals surface area (Å²) in [4.78, 5) is 54.0. The van der Waals surface area contributed by atoms with E-state index >= 15 is 0 Å². The van der Waals surface area contributed by atoms with Gasteiger partial charge >= 0.3 is 5.97 Å². The molecule has 3 aliphatic rings. The van der Waals surface area contributed by atoms with Crippen molar-refractivity contribution in [3.8, 4) is 5.75 Å². The number of amides is 3. The van der Waals surface area contributed by atoms with E-state index in [1.165, 1.54) is 4.90 Å². The van der Waals surface area contributed by atoms with E-state index in [1.54, 1.807) is 19.1 Å². The van der Waals surface area contributed by atoms with Gasteiger partial charge in [-0.15, -0.1) is 0 Å². The highest BCUT2D eigenvalue weighted by Gasteiger charge is 2.47. The molecule has 0 spiro atoms. The molecule has 0 N–H and O–H groups in total. The first kappa shape index (κ1) is 21.3. The van der Waals surface area contributed by atoms with Crippen LogP contribution in [0.15, 0.2) is 24.3 Å². The number of ether oxygens (including phenoxy) is 1. The van der Waals surface area contributed by atoms with Gasteiger partial charge in [0, 0.05) is 45.3 Å². The van der Waals surface area contributed by atoms with Crippen LogP contribution in [-0.4, -0.2) is 66.2 Å². The predicted molar refractivity (Wildman–Crippen MR) is 113 cm³/mol. The molecule has 0 unspecified atom stereocenters. The molecule has 8 nitrogen and oxygen atoms in total. The fraction of sp³-hybridized carbons (Fsp3) is 0.565. The first-order chi connectivity index (χ1) is 14.9. The van der Waals surface area contributed by atoms with Crippen LogP contribution in [0.5, 0.6) is 5.75 Å². The number of likely N-dealkylation sites (tertiary alicyclic amines) is 1. The number of carbonyl (C=O) groups is 4. The summed E-state index contributed by atoms with van der Waals surface area (Å²) >= 11 is 0. The molecule has 1 aromatic carbocycles. The summed E-state index contributed by atoms with van der Waals surface area (Å²) in [5.41, 5.74) is 1.01. The van der Waals surface area contributed by atoms with Gasteiger partial charge in [-0.25, -0.2) is 0 Å². The number of benzene rings is 1. The number of nitrogens with zero attached hydrogens (tertiary/aromatic N) is 3. The zero-order valence-electron chi connectivity index (χ0n) is 17.9. The Kier molecular flexibility index (Phi) is 6.25. The number of imide groups is 1. The van der Waals surface area contributed by atoms with E-state index in [4.69, 9.17) is 4.74 Å². The fourth-order valence-corrected chi connectivity index (χ4v) is 4.84. The standard InChI is InChI=1S/C23H29N3O5/c1-16(27)24-12-14-25(15-13-24)17-6-8-18(9-7-17)31-21(28)10-11-26-22(29)19-4-2-3-5-20(19)23(26)30/h6-9,19-20H,2-5,10-15H2,1H3/t19-,20-/m1/s1. The largest absolute Gasteiger partial charge is 0.426 e. The van der Waals surface area contributed by atoms with Crippen molar-refractivity contribution < 1.29 is 23.9 Å². The lowest BCUT2D eigenvalue weighted by Crippen LogP contribution is -2.48. The minimum absolute atomic E-state index is 0.00826. The second-order valence-electron chi connectivity index (χ2n) is 8.54. The van der Waals surface area contributed by atoms with Gasteiger partial charge in [-0.05, 0) is 37.1 Å². The van der Waals surface area contributed by atoms with Crippen LogP contribution in [0.4, 0.5) is 5.69 Å². The van der Waals surface area contributed by atoms with E-state index in [9.17, 15) is 19.2 Å². The highest BCUT2D eigenvalue weighted by molar-refractivity contribution is 6.05. The predicted octanol–water partition coefficient (Wildman–Crippen LogP) is 1.83. The number of carbonyl (C=O) groups excluding carboxylic acids is 4. The third-order valence-corrected chi connectivity index (χ3v) is 6.63. The summed E-state index contributed by atoms with van der Waals surface area (Å²) in [5.74, 6) is -0.571. The van der Waals surface area contributed by atoms with Crippen LogP contribution in [0.25, 0.3) is 0 Å². The van der Waals surface area contributed by atoms with Gasteiger partial charge in [0.2, 0.25) is 17.7 Å². The van der Waals surface area contributed by atoms with E-state index in [-0.39, 0.29) is 42.5 Å². The lowest BCUT2D eigenvalue weighted by molar-refractivity contribution is -0.141. The zero-order chi connectivity index (χ0) is 22.0. The topological polar surface area (TPSA) is 87.2 Å². The zero-order valence-corrected chi connectivity index (χ0v) is 17.9. The first-order valence-corrected chi connectivity index (χ1v) is 11.1. The van der Waals surface area contributed by atoms with Gasteiger partial charge in [-0.3, -0.25) is 24.1 Å². The van der Waals surface area contributed by atoms with Gasteiger partial charge in [0.15, 0.2) is 0 Å². The number of hydrogen-bond donors (Lipinski definition) is 0. The Bertz CT molecular complexity index is 836. The van der Waals surface area contributed by atoms with Gasteiger partial charge in [0.25, 0.3) is 0 Å². The van der Waals surface area contributed by atoms with Crippen molar-refractivity contribution in [1.82, 2.24) is 9.80 Å². The van der Waals surface area contributed by atoms with E-state index in [0.717, 1.165) is 44.5 Å². The van der Waals surface area contributed by atoms with Gasteiger partial charge in [0.05, 0.1) is 18.3 Å². The Morgan fingerprint density at radius 1 is 0.935 bits per heavy atom. The van der Waals surface area contributed by atoms with Crippen molar-refractivity contribution in [2.45, 2.75) is 39.0 Å². The molecule has 2 saturated heterocycles. The maximum absolute atomic E-state index is 12.5. The van der Waals surface area contributed by atoms with Crippen molar-refractivity contribution in [2.75, 3.05) is 37.6 Å². The second kappa shape index (κ2) is 9.08. The van der Waals surface area contributed by atoms with Gasteiger partial charge in [0.1, 0.15) is 5.75 Å². The van der Waals surface area contributed by atoms with Crippen molar-refractivity contribution in [3.63, 3.8) is 0 Å². The fourth-order valence-electron chi connectivity index (χ4n) is 4.84. The quantitative estimate of drug-likeness (QED) is 0.405. The minimum atomic E-state index is -0.460. The maximum Gasteiger partial charge on any atom is 0.312 e. The number of anilines is 1. The smallest absolute Gasteiger partial charge is 0.312 e. The molecule has 8 heteroatoms. The van der Waals surface area contributed by atoms with Crippen molar-refractivity contribution in [1.29, 1.82) is 0 Å². The van der Waals surface area contributed by atoms with Crippen LogP contribution in [0.3, 0.4) is 0 Å². The molecule has 1 saturated carbocycles. The molecule has 0 bridgehead atoms. The monoisotopic (exact) mass is 427 g/mol. The summed E-state index contributed by atoms with van der Waals surface area (Å²) in [7, 11) is 0. The molecule has 0 radical (unpaired) electrons. The first-order valence-electron chi connectivity index (χ1n) is 11.1. The van der Waals surface area contributed by atoms with Gasteiger partial charge in [-0.1, -0.05) is 12.8 Å². The summed E-state index contributed by atoms with van der Waals surface area (Å²) < 4.78 is 5.39. The van der Waals surface area contributed by atoms with Crippen molar-refractivity contribution in [2.24, 2.45) is 11.8 Å². The van der Waals surface area contributed by atoms with Crippen molar-refractivity contribution in [3.05, 3.63) is 24.3 Å². The average molecular weight is 428 g/mol. The maximum atomic E-state index is 12.5. The van der Waals surface area contributed by atoms with E-state index in [2.05, 4.69) is 4.90 Å². The van der Waals surface area contributed by atoms with E-state index in [0.29, 0.717) is 18.8 Å². The molecule has 2 heterocycles. The van der Waals surface area contributed by atoms with E-state index < -0.39 is 5.97 Å². The Balaban J connectivity index is 1.26. The highest BCUT2D eigenvalue weighted by Crippen LogP contribution is 2.38. The number of piperazine rings is 1. The summed E-state index contributed by atoms with van der Waals surface area (Å²) in [6.07, 6.45) is 3.50. The molecule has 31 heavy (non-hydrogen) atoms. The highest BCUT2D eigenvalue weighted by atomic mass is 16.5. The van der Waals surface area contributed by atoms with Gasteiger partial charge < -0.3 is 14.5 Å². The number of fused-ring (bicyclic) bond motifs is 1. The number of esters is 1.